The average Bonchev–Trinajstić information content (AvgIpc) is 2.36. The van der Waals surface area contributed by atoms with Gasteiger partial charge in [-0.3, -0.25) is 4.79 Å². The molecule has 3 N–H and O–H groups in total. The highest BCUT2D eigenvalue weighted by molar-refractivity contribution is 5.83. The van der Waals surface area contributed by atoms with Gasteiger partial charge in [-0.15, -0.1) is 0 Å². The normalized spacial score (nSPS) is 21.3. The van der Waals surface area contributed by atoms with Crippen LogP contribution in [0.15, 0.2) is 0 Å². The van der Waals surface area contributed by atoms with Gasteiger partial charge in [-0.25, -0.2) is 9.59 Å². The Morgan fingerprint density at radius 2 is 1.95 bits per heavy atom. The van der Waals surface area contributed by atoms with Gasteiger partial charge in [-0.1, -0.05) is 0 Å². The number of aliphatic carboxylic acids is 2. The largest absolute Gasteiger partial charge is 0.481 e. The molecule has 0 bridgehead atoms. The fourth-order valence-corrected chi connectivity index (χ4v) is 2.00. The van der Waals surface area contributed by atoms with E-state index in [1.54, 1.807) is 4.90 Å². The number of likely N-dealkylation sites (N-methyl/N-ethyl adjacent to an activating group) is 1. The molecule has 114 valence electrons. The number of carbonyl (C=O) groups excluding carboxylic acids is 1. The summed E-state index contributed by atoms with van der Waals surface area (Å²) in [6.07, 6.45) is -0.421. The average molecular weight is 287 g/mol. The van der Waals surface area contributed by atoms with Gasteiger partial charge in [-0.05, 0) is 20.4 Å². The SMILES string of the molecule is CC1CN(C(=O)NC(CCC(=O)O)C(=O)O)CCN1C. The first-order valence-electron chi connectivity index (χ1n) is 6.51. The lowest BCUT2D eigenvalue weighted by Crippen LogP contribution is -2.56. The van der Waals surface area contributed by atoms with E-state index in [1.807, 2.05) is 14.0 Å². The van der Waals surface area contributed by atoms with Gasteiger partial charge in [0.05, 0.1) is 0 Å². The second-order valence-electron chi connectivity index (χ2n) is 5.05. The Kier molecular flexibility index (Phi) is 5.75. The maximum absolute atomic E-state index is 12.0. The minimum absolute atomic E-state index is 0.125. The van der Waals surface area contributed by atoms with Crippen LogP contribution in [0.3, 0.4) is 0 Å². The molecular weight excluding hydrogens is 266 g/mol. The number of nitrogens with one attached hydrogen (secondary N) is 1. The lowest BCUT2D eigenvalue weighted by molar-refractivity contribution is -0.140. The predicted octanol–water partition coefficient (Wildman–Crippen LogP) is -0.350. The monoisotopic (exact) mass is 287 g/mol. The zero-order valence-corrected chi connectivity index (χ0v) is 11.7. The van der Waals surface area contributed by atoms with Crippen molar-refractivity contribution in [2.24, 2.45) is 0 Å². The van der Waals surface area contributed by atoms with E-state index in [1.165, 1.54) is 0 Å². The van der Waals surface area contributed by atoms with E-state index in [0.717, 1.165) is 6.54 Å². The third-order valence-electron chi connectivity index (χ3n) is 3.49. The van der Waals surface area contributed by atoms with Crippen LogP contribution in [0.4, 0.5) is 4.79 Å². The number of hydrogen-bond acceptors (Lipinski definition) is 4. The van der Waals surface area contributed by atoms with Crippen molar-refractivity contribution in [3.05, 3.63) is 0 Å². The number of hydrogen-bond donors (Lipinski definition) is 3. The van der Waals surface area contributed by atoms with Crippen LogP contribution in [0.25, 0.3) is 0 Å². The minimum Gasteiger partial charge on any atom is -0.481 e. The summed E-state index contributed by atoms with van der Waals surface area (Å²) >= 11 is 0. The summed E-state index contributed by atoms with van der Waals surface area (Å²) in [4.78, 5) is 37.1. The van der Waals surface area contributed by atoms with Crippen LogP contribution < -0.4 is 5.32 Å². The Bertz CT molecular complexity index is 387. The molecule has 2 atom stereocenters. The first-order valence-corrected chi connectivity index (χ1v) is 6.51. The lowest BCUT2D eigenvalue weighted by atomic mass is 10.1. The first-order chi connectivity index (χ1) is 9.31. The van der Waals surface area contributed by atoms with Crippen molar-refractivity contribution < 1.29 is 24.6 Å². The van der Waals surface area contributed by atoms with E-state index < -0.39 is 24.0 Å². The molecule has 1 aliphatic heterocycles. The molecule has 1 fully saturated rings. The number of nitrogens with zero attached hydrogens (tertiary/aromatic N) is 2. The zero-order chi connectivity index (χ0) is 15.3. The molecule has 1 aliphatic rings. The van der Waals surface area contributed by atoms with Crippen molar-refractivity contribution in [1.82, 2.24) is 15.1 Å². The highest BCUT2D eigenvalue weighted by atomic mass is 16.4. The van der Waals surface area contributed by atoms with E-state index in [0.29, 0.717) is 13.1 Å². The van der Waals surface area contributed by atoms with Crippen LogP contribution in [0.1, 0.15) is 19.8 Å². The van der Waals surface area contributed by atoms with Crippen LogP contribution in [0, 0.1) is 0 Å². The van der Waals surface area contributed by atoms with Gasteiger partial charge >= 0.3 is 18.0 Å². The van der Waals surface area contributed by atoms with Crippen LogP contribution in [-0.4, -0.2) is 76.7 Å². The molecule has 2 unspecified atom stereocenters. The fourth-order valence-electron chi connectivity index (χ4n) is 2.00. The van der Waals surface area contributed by atoms with Gasteiger partial charge in [0, 0.05) is 32.1 Å². The van der Waals surface area contributed by atoms with Gasteiger partial charge in [0.2, 0.25) is 0 Å². The highest BCUT2D eigenvalue weighted by Gasteiger charge is 2.27. The Morgan fingerprint density at radius 3 is 2.45 bits per heavy atom. The number of urea groups is 1. The van der Waals surface area contributed by atoms with Crippen LogP contribution in [0.5, 0.6) is 0 Å². The van der Waals surface area contributed by atoms with Crippen LogP contribution >= 0.6 is 0 Å². The summed E-state index contributed by atoms with van der Waals surface area (Å²) in [5, 5.41) is 19.9. The molecule has 2 amide bonds. The molecule has 0 spiro atoms. The van der Waals surface area contributed by atoms with Crippen molar-refractivity contribution in [3.63, 3.8) is 0 Å². The van der Waals surface area contributed by atoms with Crippen molar-refractivity contribution >= 4 is 18.0 Å². The predicted molar refractivity (Wildman–Crippen MR) is 70.5 cm³/mol. The van der Waals surface area contributed by atoms with Gasteiger partial charge in [0.1, 0.15) is 6.04 Å². The van der Waals surface area contributed by atoms with Gasteiger partial charge in [0.25, 0.3) is 0 Å². The molecule has 20 heavy (non-hydrogen) atoms. The van der Waals surface area contributed by atoms with Crippen molar-refractivity contribution in [2.75, 3.05) is 26.7 Å². The van der Waals surface area contributed by atoms with Gasteiger partial charge in [-0.2, -0.15) is 0 Å². The van der Waals surface area contributed by atoms with Crippen LogP contribution in [0.2, 0.25) is 0 Å². The van der Waals surface area contributed by atoms with Crippen LogP contribution in [-0.2, 0) is 9.59 Å². The molecule has 0 radical (unpaired) electrons. The number of piperazine rings is 1. The lowest BCUT2D eigenvalue weighted by Gasteiger charge is -2.38. The molecule has 1 rings (SSSR count). The summed E-state index contributed by atoms with van der Waals surface area (Å²) in [5.41, 5.74) is 0. The molecular formula is C12H21N3O5. The quantitative estimate of drug-likeness (QED) is 0.637. The van der Waals surface area contributed by atoms with E-state index in [2.05, 4.69) is 10.2 Å². The third kappa shape index (κ3) is 4.69. The Morgan fingerprint density at radius 1 is 1.30 bits per heavy atom. The highest BCUT2D eigenvalue weighted by Crippen LogP contribution is 2.08. The molecule has 8 nitrogen and oxygen atoms in total. The van der Waals surface area contributed by atoms with Crippen molar-refractivity contribution in [2.45, 2.75) is 31.8 Å². The van der Waals surface area contributed by atoms with E-state index in [9.17, 15) is 14.4 Å². The molecule has 1 saturated heterocycles. The molecule has 0 aromatic carbocycles. The smallest absolute Gasteiger partial charge is 0.326 e. The maximum Gasteiger partial charge on any atom is 0.326 e. The second kappa shape index (κ2) is 7.09. The first kappa shape index (κ1) is 16.2. The topological polar surface area (TPSA) is 110 Å². The van der Waals surface area contributed by atoms with E-state index >= 15 is 0 Å². The molecule has 1 heterocycles. The maximum atomic E-state index is 12.0. The summed E-state index contributed by atoms with van der Waals surface area (Å²) in [6, 6.07) is -1.42. The fraction of sp³-hybridized carbons (Fsp3) is 0.750. The standard InChI is InChI=1S/C12H21N3O5/c1-8-7-15(6-5-14(8)2)12(20)13-9(11(18)19)3-4-10(16)17/h8-9H,3-7H2,1-2H3,(H,13,20)(H,16,17)(H,18,19). The molecule has 0 saturated carbocycles. The molecule has 0 aliphatic carbocycles. The molecule has 0 aromatic heterocycles. The molecule has 8 heteroatoms. The number of rotatable bonds is 5. The number of carboxylic acid groups (broad SMARTS) is 2. The summed E-state index contributed by atoms with van der Waals surface area (Å²) in [6.45, 7) is 3.76. The van der Waals surface area contributed by atoms with Gasteiger partial charge in [0.15, 0.2) is 0 Å². The van der Waals surface area contributed by atoms with Crippen molar-refractivity contribution in [1.29, 1.82) is 0 Å². The van der Waals surface area contributed by atoms with Crippen molar-refractivity contribution in [3.8, 4) is 0 Å². The van der Waals surface area contributed by atoms with Gasteiger partial charge < -0.3 is 25.3 Å². The molecule has 0 aromatic rings. The number of carboxylic acids is 2. The second-order valence-corrected chi connectivity index (χ2v) is 5.05. The van der Waals surface area contributed by atoms with E-state index in [4.69, 9.17) is 10.2 Å². The Balaban J connectivity index is 2.53. The number of carbonyl (C=O) groups is 3. The minimum atomic E-state index is -1.22. The third-order valence-corrected chi connectivity index (χ3v) is 3.49. The summed E-state index contributed by atoms with van der Waals surface area (Å²) in [7, 11) is 1.97. The Labute approximate surface area is 117 Å². The Hall–Kier alpha value is -1.83. The summed E-state index contributed by atoms with van der Waals surface area (Å²) < 4.78 is 0. The zero-order valence-electron chi connectivity index (χ0n) is 11.7. The number of amides is 2. The summed E-state index contributed by atoms with van der Waals surface area (Å²) in [5.74, 6) is -2.31. The van der Waals surface area contributed by atoms with E-state index in [-0.39, 0.29) is 18.9 Å².